The van der Waals surface area contributed by atoms with Crippen LogP contribution < -0.4 is 11.1 Å². The number of ether oxygens (including phenoxy) is 1. The van der Waals surface area contributed by atoms with E-state index in [0.29, 0.717) is 38.0 Å². The molecule has 118 valence electrons. The van der Waals surface area contributed by atoms with Gasteiger partial charge in [-0.25, -0.2) is 0 Å². The molecule has 0 fully saturated rings. The highest BCUT2D eigenvalue weighted by Crippen LogP contribution is 2.07. The van der Waals surface area contributed by atoms with Crippen LogP contribution in [0.4, 0.5) is 0 Å². The molecule has 0 aliphatic rings. The van der Waals surface area contributed by atoms with E-state index in [0.717, 1.165) is 12.3 Å². The molecule has 3 N–H and O–H groups in total. The number of guanidine groups is 1. The Morgan fingerprint density at radius 1 is 1.25 bits per heavy atom. The molecular formula is C15H31N3O2. The number of aliphatic imine (C=N–C) groups is 1. The maximum absolute atomic E-state index is 11.1. The normalized spacial score (nSPS) is 13.3. The summed E-state index contributed by atoms with van der Waals surface area (Å²) in [5, 5.41) is 3.18. The molecule has 0 radical (unpaired) electrons. The summed E-state index contributed by atoms with van der Waals surface area (Å²) >= 11 is 0. The molecule has 0 aliphatic carbocycles. The molecule has 0 aromatic heterocycles. The lowest BCUT2D eigenvalue weighted by Crippen LogP contribution is -2.38. The van der Waals surface area contributed by atoms with Gasteiger partial charge in [0.25, 0.3) is 0 Å². The van der Waals surface area contributed by atoms with Gasteiger partial charge in [-0.15, -0.1) is 0 Å². The van der Waals surface area contributed by atoms with Crippen LogP contribution >= 0.6 is 0 Å². The number of hydrogen-bond acceptors (Lipinski definition) is 3. The largest absolute Gasteiger partial charge is 0.466 e. The summed E-state index contributed by atoms with van der Waals surface area (Å²) in [6.45, 7) is 9.37. The van der Waals surface area contributed by atoms with Crippen molar-refractivity contribution in [2.75, 3.05) is 13.2 Å². The first-order valence-electron chi connectivity index (χ1n) is 7.67. The van der Waals surface area contributed by atoms with Gasteiger partial charge >= 0.3 is 5.97 Å². The molecule has 0 saturated heterocycles. The molecule has 0 heterocycles. The minimum absolute atomic E-state index is 0.170. The smallest absolute Gasteiger partial charge is 0.305 e. The van der Waals surface area contributed by atoms with Gasteiger partial charge in [-0.05, 0) is 32.6 Å². The van der Waals surface area contributed by atoms with Gasteiger partial charge in [0.1, 0.15) is 0 Å². The highest BCUT2D eigenvalue weighted by molar-refractivity contribution is 5.78. The van der Waals surface area contributed by atoms with Crippen LogP contribution in [0.2, 0.25) is 0 Å². The number of rotatable bonds is 10. The molecule has 20 heavy (non-hydrogen) atoms. The van der Waals surface area contributed by atoms with Crippen LogP contribution in [0.15, 0.2) is 4.99 Å². The Balaban J connectivity index is 3.70. The molecular weight excluding hydrogens is 254 g/mol. The molecule has 0 aromatic carbocycles. The molecule has 0 saturated carbocycles. The Morgan fingerprint density at radius 3 is 2.55 bits per heavy atom. The third kappa shape index (κ3) is 11.8. The minimum Gasteiger partial charge on any atom is -0.466 e. The van der Waals surface area contributed by atoms with Crippen molar-refractivity contribution in [2.24, 2.45) is 16.6 Å². The third-order valence-corrected chi connectivity index (χ3v) is 2.94. The van der Waals surface area contributed by atoms with E-state index in [2.05, 4.69) is 31.1 Å². The Bertz CT molecular complexity index is 291. The van der Waals surface area contributed by atoms with Crippen LogP contribution in [0.1, 0.15) is 59.8 Å². The quantitative estimate of drug-likeness (QED) is 0.280. The highest BCUT2D eigenvalue weighted by Gasteiger charge is 2.04. The van der Waals surface area contributed by atoms with Gasteiger partial charge in [-0.1, -0.05) is 26.7 Å². The first kappa shape index (κ1) is 18.7. The zero-order chi connectivity index (χ0) is 15.4. The van der Waals surface area contributed by atoms with E-state index in [4.69, 9.17) is 10.5 Å². The molecule has 5 nitrogen and oxygen atoms in total. The second kappa shape index (κ2) is 11.6. The lowest BCUT2D eigenvalue weighted by molar-refractivity contribution is -0.143. The first-order valence-corrected chi connectivity index (χ1v) is 7.67. The number of nitrogens with zero attached hydrogens (tertiary/aromatic N) is 1. The number of hydrogen-bond donors (Lipinski definition) is 2. The zero-order valence-corrected chi connectivity index (χ0v) is 13.4. The van der Waals surface area contributed by atoms with Crippen molar-refractivity contribution in [3.05, 3.63) is 0 Å². The van der Waals surface area contributed by atoms with Crippen molar-refractivity contribution >= 4 is 11.9 Å². The van der Waals surface area contributed by atoms with Crippen LogP contribution in [0.25, 0.3) is 0 Å². The van der Waals surface area contributed by atoms with E-state index in [1.807, 2.05) is 0 Å². The maximum Gasteiger partial charge on any atom is 0.305 e. The molecule has 0 spiro atoms. The second-order valence-electron chi connectivity index (χ2n) is 5.55. The van der Waals surface area contributed by atoms with E-state index in [9.17, 15) is 4.79 Å². The van der Waals surface area contributed by atoms with Crippen molar-refractivity contribution < 1.29 is 9.53 Å². The van der Waals surface area contributed by atoms with Crippen LogP contribution in [0.5, 0.6) is 0 Å². The minimum atomic E-state index is -0.170. The number of esters is 1. The fourth-order valence-corrected chi connectivity index (χ4v) is 1.86. The fraction of sp³-hybridized carbons (Fsp3) is 0.867. The van der Waals surface area contributed by atoms with Crippen LogP contribution in [-0.4, -0.2) is 31.1 Å². The Kier molecular flexibility index (Phi) is 10.8. The van der Waals surface area contributed by atoms with Crippen molar-refractivity contribution in [1.29, 1.82) is 0 Å². The third-order valence-electron chi connectivity index (χ3n) is 2.94. The SMILES string of the molecule is CCOC(=O)CCCN=C(N)NC(C)CCCC(C)C. The van der Waals surface area contributed by atoms with E-state index in [1.54, 1.807) is 6.92 Å². The van der Waals surface area contributed by atoms with Gasteiger partial charge in [0.2, 0.25) is 0 Å². The van der Waals surface area contributed by atoms with Crippen molar-refractivity contribution in [3.63, 3.8) is 0 Å². The van der Waals surface area contributed by atoms with Gasteiger partial charge < -0.3 is 15.8 Å². The second-order valence-corrected chi connectivity index (χ2v) is 5.55. The monoisotopic (exact) mass is 285 g/mol. The summed E-state index contributed by atoms with van der Waals surface area (Å²) in [5.74, 6) is 1.04. The lowest BCUT2D eigenvalue weighted by atomic mass is 10.0. The van der Waals surface area contributed by atoms with Gasteiger partial charge in [-0.3, -0.25) is 9.79 Å². The first-order chi connectivity index (χ1) is 9.45. The molecule has 1 unspecified atom stereocenters. The summed E-state index contributed by atoms with van der Waals surface area (Å²) in [5.41, 5.74) is 5.80. The topological polar surface area (TPSA) is 76.7 Å². The van der Waals surface area contributed by atoms with Gasteiger partial charge in [-0.2, -0.15) is 0 Å². The van der Waals surface area contributed by atoms with E-state index in [-0.39, 0.29) is 5.97 Å². The van der Waals surface area contributed by atoms with Gasteiger partial charge in [0.15, 0.2) is 5.96 Å². The lowest BCUT2D eigenvalue weighted by Gasteiger charge is -2.15. The fourth-order valence-electron chi connectivity index (χ4n) is 1.86. The Morgan fingerprint density at radius 2 is 1.95 bits per heavy atom. The molecule has 0 amide bonds. The number of carbonyl (C=O) groups is 1. The molecule has 5 heteroatoms. The maximum atomic E-state index is 11.1. The summed E-state index contributed by atoms with van der Waals surface area (Å²) in [6.07, 6.45) is 4.60. The molecule has 1 atom stereocenters. The molecule has 0 aliphatic heterocycles. The average molecular weight is 285 g/mol. The Labute approximate surface area is 123 Å². The molecule has 0 rings (SSSR count). The van der Waals surface area contributed by atoms with Crippen LogP contribution in [0.3, 0.4) is 0 Å². The van der Waals surface area contributed by atoms with Crippen molar-refractivity contribution in [1.82, 2.24) is 5.32 Å². The average Bonchev–Trinajstić information content (AvgIpc) is 2.34. The zero-order valence-electron chi connectivity index (χ0n) is 13.4. The van der Waals surface area contributed by atoms with Crippen LogP contribution in [0, 0.1) is 5.92 Å². The van der Waals surface area contributed by atoms with Gasteiger partial charge in [0, 0.05) is 19.0 Å². The summed E-state index contributed by atoms with van der Waals surface area (Å²) in [6, 6.07) is 0.336. The summed E-state index contributed by atoms with van der Waals surface area (Å²) in [7, 11) is 0. The molecule has 0 aromatic rings. The predicted molar refractivity (Wildman–Crippen MR) is 83.6 cm³/mol. The van der Waals surface area contributed by atoms with Gasteiger partial charge in [0.05, 0.1) is 6.61 Å². The number of nitrogens with two attached hydrogens (primary N) is 1. The number of carbonyl (C=O) groups excluding carboxylic acids is 1. The van der Waals surface area contributed by atoms with Crippen molar-refractivity contribution in [3.8, 4) is 0 Å². The standard InChI is InChI=1S/C15H31N3O2/c1-5-20-14(19)10-7-11-17-15(16)18-13(4)9-6-8-12(2)3/h12-13H,5-11H2,1-4H3,(H3,16,17,18). The highest BCUT2D eigenvalue weighted by atomic mass is 16.5. The Hall–Kier alpha value is -1.26. The summed E-state index contributed by atoms with van der Waals surface area (Å²) in [4.78, 5) is 15.3. The molecule has 0 bridgehead atoms. The van der Waals surface area contributed by atoms with Crippen LogP contribution in [-0.2, 0) is 9.53 Å². The van der Waals surface area contributed by atoms with Crippen molar-refractivity contribution in [2.45, 2.75) is 65.8 Å². The predicted octanol–water partition coefficient (Wildman–Crippen LogP) is 2.45. The number of nitrogens with one attached hydrogen (secondary N) is 1. The van der Waals surface area contributed by atoms with E-state index >= 15 is 0 Å². The summed E-state index contributed by atoms with van der Waals surface area (Å²) < 4.78 is 4.84. The van der Waals surface area contributed by atoms with E-state index in [1.165, 1.54) is 12.8 Å². The van der Waals surface area contributed by atoms with E-state index < -0.39 is 0 Å².